The van der Waals surface area contributed by atoms with Crippen LogP contribution in [0, 0.1) is 6.92 Å². The molecular formula is C21H24N4O2. The predicted molar refractivity (Wildman–Crippen MR) is 109 cm³/mol. The Bertz CT molecular complexity index is 949. The first-order valence-electron chi connectivity index (χ1n) is 9.17. The molecule has 1 saturated heterocycles. The molecule has 0 bridgehead atoms. The van der Waals surface area contributed by atoms with E-state index in [9.17, 15) is 4.79 Å². The van der Waals surface area contributed by atoms with Crippen molar-refractivity contribution in [3.63, 3.8) is 0 Å². The Kier molecular flexibility index (Phi) is 4.62. The minimum atomic E-state index is -0.103. The van der Waals surface area contributed by atoms with Crippen molar-refractivity contribution in [2.45, 2.75) is 6.92 Å². The number of imidazole rings is 1. The van der Waals surface area contributed by atoms with E-state index in [1.54, 1.807) is 17.9 Å². The van der Waals surface area contributed by atoms with E-state index in [2.05, 4.69) is 39.0 Å². The van der Waals surface area contributed by atoms with Crippen molar-refractivity contribution >= 4 is 11.4 Å². The van der Waals surface area contributed by atoms with Gasteiger partial charge in [-0.3, -0.25) is 4.57 Å². The molecule has 0 atom stereocenters. The third kappa shape index (κ3) is 3.43. The van der Waals surface area contributed by atoms with Crippen LogP contribution in [0.1, 0.15) is 5.69 Å². The molecule has 1 N–H and O–H groups in total. The number of hydrogen-bond donors (Lipinski definition) is 1. The van der Waals surface area contributed by atoms with Gasteiger partial charge in [-0.05, 0) is 55.5 Å². The predicted octanol–water partition coefficient (Wildman–Crippen LogP) is 2.81. The summed E-state index contributed by atoms with van der Waals surface area (Å²) in [4.78, 5) is 19.4. The summed E-state index contributed by atoms with van der Waals surface area (Å²) in [6.07, 6.45) is 1.73. The molecule has 6 heteroatoms. The van der Waals surface area contributed by atoms with Gasteiger partial charge in [0.1, 0.15) is 5.75 Å². The first-order valence-corrected chi connectivity index (χ1v) is 9.17. The minimum absolute atomic E-state index is 0.103. The van der Waals surface area contributed by atoms with E-state index in [0.717, 1.165) is 43.3 Å². The fourth-order valence-electron chi connectivity index (χ4n) is 3.60. The third-order valence-electron chi connectivity index (χ3n) is 5.15. The number of methoxy groups -OCH3 is 1. The van der Waals surface area contributed by atoms with Gasteiger partial charge in [0.05, 0.1) is 12.8 Å². The van der Waals surface area contributed by atoms with Gasteiger partial charge in [0, 0.05) is 49.4 Å². The van der Waals surface area contributed by atoms with E-state index >= 15 is 0 Å². The highest BCUT2D eigenvalue weighted by atomic mass is 16.5. The third-order valence-corrected chi connectivity index (χ3v) is 5.15. The Morgan fingerprint density at radius 2 is 1.30 bits per heavy atom. The van der Waals surface area contributed by atoms with Gasteiger partial charge in [-0.2, -0.15) is 0 Å². The van der Waals surface area contributed by atoms with Crippen LogP contribution in [-0.4, -0.2) is 42.8 Å². The maximum absolute atomic E-state index is 11.9. The molecule has 6 nitrogen and oxygen atoms in total. The van der Waals surface area contributed by atoms with E-state index in [4.69, 9.17) is 4.74 Å². The fourth-order valence-corrected chi connectivity index (χ4v) is 3.60. The molecule has 3 aromatic rings. The molecule has 140 valence electrons. The highest BCUT2D eigenvalue weighted by molar-refractivity contribution is 5.55. The maximum Gasteiger partial charge on any atom is 0.330 e. The summed E-state index contributed by atoms with van der Waals surface area (Å²) in [6, 6.07) is 16.4. The molecule has 1 fully saturated rings. The molecule has 1 aliphatic heterocycles. The molecule has 0 spiro atoms. The van der Waals surface area contributed by atoms with E-state index in [1.165, 1.54) is 11.4 Å². The molecule has 0 radical (unpaired) electrons. The lowest BCUT2D eigenvalue weighted by Gasteiger charge is -2.37. The Hall–Kier alpha value is -3.15. The molecule has 0 saturated carbocycles. The number of rotatable bonds is 4. The molecular weight excluding hydrogens is 340 g/mol. The topological polar surface area (TPSA) is 53.5 Å². The van der Waals surface area contributed by atoms with E-state index in [0.29, 0.717) is 0 Å². The molecule has 0 aliphatic carbocycles. The summed E-state index contributed by atoms with van der Waals surface area (Å²) in [5.41, 5.74) is 4.11. The average Bonchev–Trinajstić information content (AvgIpc) is 3.06. The monoisotopic (exact) mass is 364 g/mol. The highest BCUT2D eigenvalue weighted by Crippen LogP contribution is 2.23. The summed E-state index contributed by atoms with van der Waals surface area (Å²) < 4.78 is 6.92. The van der Waals surface area contributed by atoms with Crippen LogP contribution in [0.15, 0.2) is 59.5 Å². The van der Waals surface area contributed by atoms with Gasteiger partial charge in [-0.25, -0.2) is 4.79 Å². The zero-order valence-electron chi connectivity index (χ0n) is 15.7. The van der Waals surface area contributed by atoms with Crippen molar-refractivity contribution in [3.8, 4) is 11.4 Å². The summed E-state index contributed by atoms with van der Waals surface area (Å²) in [7, 11) is 1.69. The second kappa shape index (κ2) is 7.23. The molecule has 1 aromatic heterocycles. The number of piperazine rings is 1. The van der Waals surface area contributed by atoms with Crippen molar-refractivity contribution in [1.82, 2.24) is 9.55 Å². The van der Waals surface area contributed by atoms with Crippen LogP contribution in [0.25, 0.3) is 5.69 Å². The Balaban J connectivity index is 1.43. The number of ether oxygens (including phenoxy) is 1. The summed E-state index contributed by atoms with van der Waals surface area (Å²) >= 11 is 0. The molecule has 0 unspecified atom stereocenters. The van der Waals surface area contributed by atoms with Crippen LogP contribution in [0.5, 0.6) is 5.75 Å². The van der Waals surface area contributed by atoms with Gasteiger partial charge in [-0.1, -0.05) is 0 Å². The number of benzene rings is 2. The first-order chi connectivity index (χ1) is 13.2. The number of H-pyrrole nitrogens is 1. The summed E-state index contributed by atoms with van der Waals surface area (Å²) in [5.74, 6) is 0.884. The molecule has 4 rings (SSSR count). The van der Waals surface area contributed by atoms with Crippen LogP contribution < -0.4 is 20.2 Å². The number of nitrogens with zero attached hydrogens (tertiary/aromatic N) is 3. The Morgan fingerprint density at radius 3 is 1.74 bits per heavy atom. The van der Waals surface area contributed by atoms with Crippen LogP contribution >= 0.6 is 0 Å². The minimum Gasteiger partial charge on any atom is -0.497 e. The van der Waals surface area contributed by atoms with E-state index in [1.807, 2.05) is 31.2 Å². The van der Waals surface area contributed by atoms with Crippen LogP contribution in [0.2, 0.25) is 0 Å². The van der Waals surface area contributed by atoms with Crippen molar-refractivity contribution in [1.29, 1.82) is 0 Å². The number of aromatic amines is 1. The largest absolute Gasteiger partial charge is 0.497 e. The van der Waals surface area contributed by atoms with Gasteiger partial charge >= 0.3 is 5.69 Å². The van der Waals surface area contributed by atoms with Crippen LogP contribution in [-0.2, 0) is 0 Å². The average molecular weight is 364 g/mol. The Morgan fingerprint density at radius 1 is 0.815 bits per heavy atom. The van der Waals surface area contributed by atoms with Gasteiger partial charge in [-0.15, -0.1) is 0 Å². The van der Waals surface area contributed by atoms with Gasteiger partial charge in [0.2, 0.25) is 0 Å². The SMILES string of the molecule is COc1ccc(N2CCN(c3ccc(-n4c(C)c[nH]c4=O)cc3)CC2)cc1. The van der Waals surface area contributed by atoms with Crippen molar-refractivity contribution < 1.29 is 4.74 Å². The number of hydrogen-bond acceptors (Lipinski definition) is 4. The number of aryl methyl sites for hydroxylation is 1. The number of nitrogens with one attached hydrogen (secondary N) is 1. The lowest BCUT2D eigenvalue weighted by atomic mass is 10.2. The van der Waals surface area contributed by atoms with Crippen molar-refractivity contribution in [2.24, 2.45) is 0 Å². The zero-order valence-corrected chi connectivity index (χ0v) is 15.7. The van der Waals surface area contributed by atoms with E-state index in [-0.39, 0.29) is 5.69 Å². The maximum atomic E-state index is 11.9. The van der Waals surface area contributed by atoms with Gasteiger partial charge < -0.3 is 19.5 Å². The fraction of sp³-hybridized carbons (Fsp3) is 0.286. The quantitative estimate of drug-likeness (QED) is 0.773. The first kappa shape index (κ1) is 17.3. The lowest BCUT2D eigenvalue weighted by molar-refractivity contribution is 0.415. The van der Waals surface area contributed by atoms with Crippen molar-refractivity contribution in [3.05, 3.63) is 70.9 Å². The van der Waals surface area contributed by atoms with Crippen LogP contribution in [0.4, 0.5) is 11.4 Å². The molecule has 1 aliphatic rings. The second-order valence-corrected chi connectivity index (χ2v) is 6.76. The number of anilines is 2. The van der Waals surface area contributed by atoms with Crippen LogP contribution in [0.3, 0.4) is 0 Å². The smallest absolute Gasteiger partial charge is 0.330 e. The second-order valence-electron chi connectivity index (χ2n) is 6.76. The normalized spacial score (nSPS) is 14.4. The van der Waals surface area contributed by atoms with Gasteiger partial charge in [0.15, 0.2) is 0 Å². The molecule has 27 heavy (non-hydrogen) atoms. The van der Waals surface area contributed by atoms with E-state index < -0.39 is 0 Å². The molecule has 2 heterocycles. The molecule has 2 aromatic carbocycles. The van der Waals surface area contributed by atoms with Crippen molar-refractivity contribution in [2.75, 3.05) is 43.1 Å². The zero-order chi connectivity index (χ0) is 18.8. The Labute approximate surface area is 158 Å². The molecule has 0 amide bonds. The summed E-state index contributed by atoms with van der Waals surface area (Å²) in [6.45, 7) is 5.81. The highest BCUT2D eigenvalue weighted by Gasteiger charge is 2.18. The summed E-state index contributed by atoms with van der Waals surface area (Å²) in [5, 5.41) is 0. The van der Waals surface area contributed by atoms with Gasteiger partial charge in [0.25, 0.3) is 0 Å². The standard InChI is InChI=1S/C21H24N4O2/c1-16-15-22-21(26)25(16)19-5-3-17(4-6-19)23-11-13-24(14-12-23)18-7-9-20(27-2)10-8-18/h3-10,15H,11-14H2,1-2H3,(H,22,26). The lowest BCUT2D eigenvalue weighted by Crippen LogP contribution is -2.46. The number of aromatic nitrogens is 2.